The summed E-state index contributed by atoms with van der Waals surface area (Å²) in [4.78, 5) is 13.0. The van der Waals surface area contributed by atoms with E-state index in [9.17, 15) is 9.90 Å². The average Bonchev–Trinajstić information content (AvgIpc) is 3.17. The van der Waals surface area contributed by atoms with Gasteiger partial charge in [0.05, 0.1) is 5.54 Å². The zero-order chi connectivity index (χ0) is 13.2. The highest BCUT2D eigenvalue weighted by Gasteiger charge is 2.53. The van der Waals surface area contributed by atoms with Gasteiger partial charge in [-0.15, -0.1) is 12.4 Å². The van der Waals surface area contributed by atoms with Crippen LogP contribution >= 0.6 is 12.4 Å². The molecule has 0 bridgehead atoms. The topological polar surface area (TPSA) is 66.6 Å². The van der Waals surface area contributed by atoms with Crippen LogP contribution in [0.4, 0.5) is 4.79 Å². The molecule has 0 heterocycles. The Morgan fingerprint density at radius 3 is 2.42 bits per heavy atom. The fourth-order valence-corrected chi connectivity index (χ4v) is 2.53. The molecule has 1 fully saturated rings. The SMILES string of the molecule is CC[C@@H](N)C1(N(Cc2ccccc2)C(=O)O)CC1.Cl. The molecule has 1 aliphatic rings. The lowest BCUT2D eigenvalue weighted by molar-refractivity contribution is 0.102. The van der Waals surface area contributed by atoms with Gasteiger partial charge in [-0.2, -0.15) is 0 Å². The number of benzene rings is 1. The van der Waals surface area contributed by atoms with Gasteiger partial charge in [-0.25, -0.2) is 4.79 Å². The van der Waals surface area contributed by atoms with Crippen LogP contribution in [-0.2, 0) is 6.54 Å². The van der Waals surface area contributed by atoms with E-state index in [4.69, 9.17) is 5.73 Å². The molecule has 0 unspecified atom stereocenters. The molecular formula is C14H21ClN2O2. The van der Waals surface area contributed by atoms with Crippen LogP contribution in [0.3, 0.4) is 0 Å². The van der Waals surface area contributed by atoms with Crippen molar-refractivity contribution in [2.75, 3.05) is 0 Å². The second-order valence-electron chi connectivity index (χ2n) is 4.97. The number of hydrogen-bond donors (Lipinski definition) is 2. The lowest BCUT2D eigenvalue weighted by atomic mass is 10.0. The minimum Gasteiger partial charge on any atom is -0.465 e. The monoisotopic (exact) mass is 284 g/mol. The molecular weight excluding hydrogens is 264 g/mol. The van der Waals surface area contributed by atoms with E-state index < -0.39 is 6.09 Å². The van der Waals surface area contributed by atoms with Crippen molar-refractivity contribution in [2.24, 2.45) is 5.73 Å². The van der Waals surface area contributed by atoms with Crippen molar-refractivity contribution in [3.63, 3.8) is 0 Å². The smallest absolute Gasteiger partial charge is 0.408 e. The van der Waals surface area contributed by atoms with Gasteiger partial charge in [0.25, 0.3) is 0 Å². The molecule has 0 spiro atoms. The highest BCUT2D eigenvalue weighted by Crippen LogP contribution is 2.45. The summed E-state index contributed by atoms with van der Waals surface area (Å²) in [6, 6.07) is 9.60. The first-order valence-electron chi connectivity index (χ1n) is 6.40. The van der Waals surface area contributed by atoms with E-state index in [1.807, 2.05) is 37.3 Å². The highest BCUT2D eigenvalue weighted by atomic mass is 35.5. The van der Waals surface area contributed by atoms with E-state index in [1.54, 1.807) is 0 Å². The van der Waals surface area contributed by atoms with E-state index in [1.165, 1.54) is 4.90 Å². The van der Waals surface area contributed by atoms with Gasteiger partial charge in [-0.1, -0.05) is 37.3 Å². The first kappa shape index (κ1) is 15.8. The predicted molar refractivity (Wildman–Crippen MR) is 77.5 cm³/mol. The van der Waals surface area contributed by atoms with Crippen LogP contribution in [0.2, 0.25) is 0 Å². The first-order valence-corrected chi connectivity index (χ1v) is 6.40. The van der Waals surface area contributed by atoms with Gasteiger partial charge in [-0.05, 0) is 24.8 Å². The molecule has 2 rings (SSSR count). The summed E-state index contributed by atoms with van der Waals surface area (Å²) in [5, 5.41) is 9.42. The Morgan fingerprint density at radius 1 is 1.42 bits per heavy atom. The summed E-state index contributed by atoms with van der Waals surface area (Å²) in [6.07, 6.45) is 1.68. The number of rotatable bonds is 5. The Balaban J connectivity index is 0.00000180. The molecule has 1 aromatic carbocycles. The van der Waals surface area contributed by atoms with Gasteiger partial charge in [0.1, 0.15) is 0 Å². The third-order valence-corrected chi connectivity index (χ3v) is 3.84. The van der Waals surface area contributed by atoms with E-state index >= 15 is 0 Å². The molecule has 3 N–H and O–H groups in total. The summed E-state index contributed by atoms with van der Waals surface area (Å²) in [6.45, 7) is 2.43. The number of nitrogens with two attached hydrogens (primary N) is 1. The minimum atomic E-state index is -0.875. The number of nitrogens with zero attached hydrogens (tertiary/aromatic N) is 1. The second kappa shape index (κ2) is 6.26. The maximum Gasteiger partial charge on any atom is 0.408 e. The Kier molecular flexibility index (Phi) is 5.20. The third kappa shape index (κ3) is 3.19. The fourth-order valence-electron chi connectivity index (χ4n) is 2.53. The molecule has 19 heavy (non-hydrogen) atoms. The number of hydrogen-bond acceptors (Lipinski definition) is 2. The summed E-state index contributed by atoms with van der Waals surface area (Å²) in [5.74, 6) is 0. The number of carboxylic acid groups (broad SMARTS) is 1. The van der Waals surface area contributed by atoms with Crippen LogP contribution in [0, 0.1) is 0 Å². The van der Waals surface area contributed by atoms with E-state index in [2.05, 4.69) is 0 Å². The van der Waals surface area contributed by atoms with Crippen LogP contribution in [0.25, 0.3) is 0 Å². The van der Waals surface area contributed by atoms with Gasteiger partial charge >= 0.3 is 6.09 Å². The summed E-state index contributed by atoms with van der Waals surface area (Å²) < 4.78 is 0. The van der Waals surface area contributed by atoms with E-state index in [0.29, 0.717) is 6.54 Å². The van der Waals surface area contributed by atoms with Crippen LogP contribution < -0.4 is 5.73 Å². The zero-order valence-corrected chi connectivity index (χ0v) is 11.9. The fraction of sp³-hybridized carbons (Fsp3) is 0.500. The van der Waals surface area contributed by atoms with Crippen LogP contribution in [0.5, 0.6) is 0 Å². The van der Waals surface area contributed by atoms with Crippen molar-refractivity contribution in [2.45, 2.75) is 44.3 Å². The molecule has 4 nitrogen and oxygen atoms in total. The van der Waals surface area contributed by atoms with Crippen molar-refractivity contribution < 1.29 is 9.90 Å². The van der Waals surface area contributed by atoms with Crippen LogP contribution in [0.15, 0.2) is 30.3 Å². The lowest BCUT2D eigenvalue weighted by Crippen LogP contribution is -2.51. The first-order chi connectivity index (χ1) is 8.60. The van der Waals surface area contributed by atoms with Crippen molar-refractivity contribution in [1.29, 1.82) is 0 Å². The maximum atomic E-state index is 11.5. The summed E-state index contributed by atoms with van der Waals surface area (Å²) in [5.41, 5.74) is 6.77. The van der Waals surface area contributed by atoms with Crippen LogP contribution in [0.1, 0.15) is 31.7 Å². The molecule has 1 aliphatic carbocycles. The summed E-state index contributed by atoms with van der Waals surface area (Å²) in [7, 11) is 0. The Hall–Kier alpha value is -1.26. The summed E-state index contributed by atoms with van der Waals surface area (Å²) >= 11 is 0. The number of halogens is 1. The number of amides is 1. The van der Waals surface area contributed by atoms with Crippen molar-refractivity contribution in [1.82, 2.24) is 4.90 Å². The quantitative estimate of drug-likeness (QED) is 0.874. The second-order valence-corrected chi connectivity index (χ2v) is 4.97. The maximum absolute atomic E-state index is 11.5. The Bertz CT molecular complexity index is 421. The molecule has 0 aromatic heterocycles. The molecule has 106 valence electrons. The minimum absolute atomic E-state index is 0. The lowest BCUT2D eigenvalue weighted by Gasteiger charge is -2.33. The van der Waals surface area contributed by atoms with Crippen molar-refractivity contribution in [3.05, 3.63) is 35.9 Å². The Labute approximate surface area is 120 Å². The molecule has 1 atom stereocenters. The standard InChI is InChI=1S/C14H20N2O2.ClH/c1-2-12(15)14(8-9-14)16(13(17)18)10-11-6-4-3-5-7-11;/h3-7,12H,2,8-10,15H2,1H3,(H,17,18);1H/t12-;/m1./s1. The molecule has 1 aromatic rings. The van der Waals surface area contributed by atoms with Gasteiger partial charge in [0.15, 0.2) is 0 Å². The molecule has 5 heteroatoms. The van der Waals surface area contributed by atoms with Gasteiger partial charge in [0, 0.05) is 12.6 Å². The van der Waals surface area contributed by atoms with Gasteiger partial charge in [-0.3, -0.25) is 4.90 Å². The molecule has 0 saturated heterocycles. The molecule has 1 amide bonds. The van der Waals surface area contributed by atoms with Crippen LogP contribution in [-0.4, -0.2) is 27.7 Å². The van der Waals surface area contributed by atoms with Gasteiger partial charge in [0.2, 0.25) is 0 Å². The highest BCUT2D eigenvalue weighted by molar-refractivity contribution is 5.85. The molecule has 0 aliphatic heterocycles. The predicted octanol–water partition coefficient (Wildman–Crippen LogP) is 2.86. The number of carbonyl (C=O) groups is 1. The Morgan fingerprint density at radius 2 is 2.00 bits per heavy atom. The largest absolute Gasteiger partial charge is 0.465 e. The average molecular weight is 285 g/mol. The zero-order valence-electron chi connectivity index (χ0n) is 11.1. The molecule has 1 saturated carbocycles. The normalized spacial score (nSPS) is 17.2. The van der Waals surface area contributed by atoms with E-state index in [0.717, 1.165) is 24.8 Å². The molecule has 0 radical (unpaired) electrons. The van der Waals surface area contributed by atoms with Crippen molar-refractivity contribution >= 4 is 18.5 Å². The van der Waals surface area contributed by atoms with Gasteiger partial charge < -0.3 is 10.8 Å². The van der Waals surface area contributed by atoms with E-state index in [-0.39, 0.29) is 24.0 Å². The van der Waals surface area contributed by atoms with Crippen molar-refractivity contribution in [3.8, 4) is 0 Å². The third-order valence-electron chi connectivity index (χ3n) is 3.84.